The van der Waals surface area contributed by atoms with E-state index in [1.165, 1.54) is 18.2 Å². The summed E-state index contributed by atoms with van der Waals surface area (Å²) in [4.78, 5) is 10.9. The molecule has 3 nitrogen and oxygen atoms in total. The zero-order valence-electron chi connectivity index (χ0n) is 10.9. The molecule has 0 saturated heterocycles. The van der Waals surface area contributed by atoms with Crippen LogP contribution in [0.1, 0.15) is 17.2 Å². The molecule has 0 heterocycles. The van der Waals surface area contributed by atoms with Crippen LogP contribution in [0.3, 0.4) is 0 Å². The first-order valence-electron chi connectivity index (χ1n) is 6.08. The van der Waals surface area contributed by atoms with Crippen LogP contribution in [0, 0.1) is 5.82 Å². The van der Waals surface area contributed by atoms with Gasteiger partial charge in [-0.1, -0.05) is 24.3 Å². The van der Waals surface area contributed by atoms with E-state index in [0.717, 1.165) is 24.3 Å². The summed E-state index contributed by atoms with van der Waals surface area (Å²) in [6, 6.07) is 7.42. The average molecular weight is 314 g/mol. The van der Waals surface area contributed by atoms with Crippen LogP contribution in [0.2, 0.25) is 0 Å². The molecular weight excluding hydrogens is 304 g/mol. The lowest BCUT2D eigenvalue weighted by molar-refractivity contribution is -0.147. The highest BCUT2D eigenvalue weighted by Gasteiger charge is 2.31. The second-order valence-electron chi connectivity index (χ2n) is 4.52. The summed E-state index contributed by atoms with van der Waals surface area (Å²) in [5.74, 6) is -2.71. The number of rotatable bonds is 3. The number of hydrogen-bond acceptors (Lipinski definition) is 2. The Labute approximate surface area is 122 Å². The fourth-order valence-corrected chi connectivity index (χ4v) is 2.05. The fourth-order valence-electron chi connectivity index (χ4n) is 2.05. The van der Waals surface area contributed by atoms with Crippen molar-refractivity contribution in [1.82, 2.24) is 0 Å². The van der Waals surface area contributed by atoms with Crippen LogP contribution in [0.25, 0.3) is 11.1 Å². The van der Waals surface area contributed by atoms with E-state index in [0.29, 0.717) is 0 Å². The smallest absolute Gasteiger partial charge is 0.416 e. The van der Waals surface area contributed by atoms with Crippen LogP contribution in [-0.4, -0.2) is 16.2 Å². The van der Waals surface area contributed by atoms with Crippen LogP contribution in [0.15, 0.2) is 42.5 Å². The van der Waals surface area contributed by atoms with E-state index in [1.54, 1.807) is 0 Å². The summed E-state index contributed by atoms with van der Waals surface area (Å²) in [6.07, 6.45) is -6.76. The van der Waals surface area contributed by atoms with Gasteiger partial charge in [0.2, 0.25) is 0 Å². The SMILES string of the molecule is O=C(O)C(O)c1c(F)cccc1-c1cccc(C(F)(F)F)c1. The number of aliphatic hydroxyl groups is 1. The van der Waals surface area contributed by atoms with Gasteiger partial charge in [-0.25, -0.2) is 9.18 Å². The molecule has 0 amide bonds. The zero-order valence-corrected chi connectivity index (χ0v) is 10.9. The lowest BCUT2D eigenvalue weighted by atomic mass is 9.94. The maximum Gasteiger partial charge on any atom is 0.416 e. The average Bonchev–Trinajstić information content (AvgIpc) is 2.45. The van der Waals surface area contributed by atoms with Gasteiger partial charge in [-0.15, -0.1) is 0 Å². The number of hydrogen-bond donors (Lipinski definition) is 2. The molecule has 116 valence electrons. The highest BCUT2D eigenvalue weighted by Crippen LogP contribution is 2.35. The highest BCUT2D eigenvalue weighted by molar-refractivity contribution is 5.80. The van der Waals surface area contributed by atoms with Crippen molar-refractivity contribution >= 4 is 5.97 Å². The normalized spacial score (nSPS) is 13.0. The summed E-state index contributed by atoms with van der Waals surface area (Å²) in [7, 11) is 0. The third kappa shape index (κ3) is 3.09. The molecule has 22 heavy (non-hydrogen) atoms. The highest BCUT2D eigenvalue weighted by atomic mass is 19.4. The summed E-state index contributed by atoms with van der Waals surface area (Å²) >= 11 is 0. The van der Waals surface area contributed by atoms with E-state index in [1.807, 2.05) is 0 Å². The van der Waals surface area contributed by atoms with Crippen LogP contribution in [0.5, 0.6) is 0 Å². The van der Waals surface area contributed by atoms with Gasteiger partial charge in [-0.3, -0.25) is 0 Å². The summed E-state index contributed by atoms with van der Waals surface area (Å²) in [5, 5.41) is 18.4. The van der Waals surface area contributed by atoms with Crippen molar-refractivity contribution in [1.29, 1.82) is 0 Å². The predicted octanol–water partition coefficient (Wildman–Crippen LogP) is 3.63. The molecule has 0 aliphatic rings. The lowest BCUT2D eigenvalue weighted by Crippen LogP contribution is -2.13. The minimum Gasteiger partial charge on any atom is -0.479 e. The van der Waals surface area contributed by atoms with Crippen molar-refractivity contribution in [2.75, 3.05) is 0 Å². The van der Waals surface area contributed by atoms with Gasteiger partial charge in [0.05, 0.1) is 5.56 Å². The minimum atomic E-state index is -4.59. The second kappa shape index (κ2) is 5.76. The van der Waals surface area contributed by atoms with Crippen molar-refractivity contribution in [2.45, 2.75) is 12.3 Å². The molecule has 1 unspecified atom stereocenters. The molecule has 0 aliphatic heterocycles. The van der Waals surface area contributed by atoms with Gasteiger partial charge >= 0.3 is 12.1 Å². The predicted molar refractivity (Wildman–Crippen MR) is 69.4 cm³/mol. The third-order valence-corrected chi connectivity index (χ3v) is 3.06. The quantitative estimate of drug-likeness (QED) is 0.851. The van der Waals surface area contributed by atoms with E-state index in [9.17, 15) is 27.5 Å². The Morgan fingerprint density at radius 3 is 2.32 bits per heavy atom. The molecule has 0 fully saturated rings. The van der Waals surface area contributed by atoms with Gasteiger partial charge in [0.1, 0.15) is 5.82 Å². The van der Waals surface area contributed by atoms with Crippen molar-refractivity contribution in [3.63, 3.8) is 0 Å². The van der Waals surface area contributed by atoms with Crippen molar-refractivity contribution in [2.24, 2.45) is 0 Å². The molecule has 2 rings (SSSR count). The molecule has 2 aromatic carbocycles. The number of aliphatic hydroxyl groups excluding tert-OH is 1. The topological polar surface area (TPSA) is 57.5 Å². The number of benzene rings is 2. The zero-order chi connectivity index (χ0) is 16.5. The summed E-state index contributed by atoms with van der Waals surface area (Å²) < 4.78 is 52.0. The maximum absolute atomic E-state index is 13.8. The Balaban J connectivity index is 2.63. The number of alkyl halides is 3. The molecule has 0 saturated carbocycles. The van der Waals surface area contributed by atoms with Gasteiger partial charge in [0.15, 0.2) is 6.10 Å². The Morgan fingerprint density at radius 2 is 1.73 bits per heavy atom. The first-order valence-corrected chi connectivity index (χ1v) is 6.08. The maximum atomic E-state index is 13.8. The molecule has 0 spiro atoms. The molecule has 7 heteroatoms. The van der Waals surface area contributed by atoms with Gasteiger partial charge in [-0.05, 0) is 29.3 Å². The van der Waals surface area contributed by atoms with Crippen LogP contribution >= 0.6 is 0 Å². The number of carbonyl (C=O) groups is 1. The van der Waals surface area contributed by atoms with Gasteiger partial charge in [0, 0.05) is 5.56 Å². The van der Waals surface area contributed by atoms with E-state index in [-0.39, 0.29) is 11.1 Å². The Bertz CT molecular complexity index is 710. The molecular formula is C15H10F4O3. The number of carboxylic acids is 1. The van der Waals surface area contributed by atoms with Crippen LogP contribution in [0.4, 0.5) is 17.6 Å². The standard InChI is InChI=1S/C15H10F4O3/c16-11-6-2-5-10(12(11)13(20)14(21)22)8-3-1-4-9(7-8)15(17,18)19/h1-7,13,20H,(H,21,22). The Morgan fingerprint density at radius 1 is 1.09 bits per heavy atom. The van der Waals surface area contributed by atoms with Crippen LogP contribution in [-0.2, 0) is 11.0 Å². The largest absolute Gasteiger partial charge is 0.479 e. The first-order chi connectivity index (χ1) is 10.2. The second-order valence-corrected chi connectivity index (χ2v) is 4.52. The fraction of sp³-hybridized carbons (Fsp3) is 0.133. The van der Waals surface area contributed by atoms with Gasteiger partial charge in [0.25, 0.3) is 0 Å². The van der Waals surface area contributed by atoms with E-state index >= 15 is 0 Å². The molecule has 0 aromatic heterocycles. The molecule has 0 aliphatic carbocycles. The number of carboxylic acid groups (broad SMARTS) is 1. The molecule has 0 bridgehead atoms. The summed E-state index contributed by atoms with van der Waals surface area (Å²) in [6.45, 7) is 0. The Hall–Kier alpha value is -2.41. The molecule has 2 N–H and O–H groups in total. The van der Waals surface area contributed by atoms with E-state index in [2.05, 4.69) is 0 Å². The molecule has 0 radical (unpaired) electrons. The van der Waals surface area contributed by atoms with E-state index in [4.69, 9.17) is 5.11 Å². The van der Waals surface area contributed by atoms with Crippen molar-refractivity contribution in [3.8, 4) is 11.1 Å². The third-order valence-electron chi connectivity index (χ3n) is 3.06. The van der Waals surface area contributed by atoms with Crippen molar-refractivity contribution in [3.05, 3.63) is 59.4 Å². The first kappa shape index (κ1) is 16.0. The van der Waals surface area contributed by atoms with Gasteiger partial charge in [-0.2, -0.15) is 13.2 Å². The number of aliphatic carboxylic acids is 1. The molecule has 2 aromatic rings. The van der Waals surface area contributed by atoms with Crippen molar-refractivity contribution < 1.29 is 32.6 Å². The van der Waals surface area contributed by atoms with Crippen LogP contribution < -0.4 is 0 Å². The monoisotopic (exact) mass is 314 g/mol. The minimum absolute atomic E-state index is 0.0374. The summed E-state index contributed by atoms with van der Waals surface area (Å²) in [5.41, 5.74) is -1.68. The lowest BCUT2D eigenvalue weighted by Gasteiger charge is -2.15. The van der Waals surface area contributed by atoms with Gasteiger partial charge < -0.3 is 10.2 Å². The van der Waals surface area contributed by atoms with E-state index < -0.39 is 35.2 Å². The molecule has 1 atom stereocenters. The Kier molecular flexibility index (Phi) is 4.18. The number of halogens is 4.